The first-order valence-corrected chi connectivity index (χ1v) is 9.13. The van der Waals surface area contributed by atoms with Gasteiger partial charge in [0.2, 0.25) is 5.91 Å². The lowest BCUT2D eigenvalue weighted by atomic mass is 10.1. The van der Waals surface area contributed by atoms with Crippen LogP contribution in [0, 0.1) is 5.82 Å². The fraction of sp³-hybridized carbons (Fsp3) is 0.350. The highest BCUT2D eigenvalue weighted by Gasteiger charge is 2.19. The molecule has 2 amide bonds. The zero-order valence-corrected chi connectivity index (χ0v) is 15.1. The second kappa shape index (κ2) is 9.12. The van der Waals surface area contributed by atoms with Crippen LogP contribution in [0.3, 0.4) is 0 Å². The summed E-state index contributed by atoms with van der Waals surface area (Å²) < 4.78 is 13.1. The number of rotatable bonds is 1. The first kappa shape index (κ1) is 18.8. The van der Waals surface area contributed by atoms with Crippen molar-refractivity contribution in [3.8, 4) is 0 Å². The molecule has 2 N–H and O–H groups in total. The number of nitrogens with zero attached hydrogens (tertiary/aromatic N) is 2. The van der Waals surface area contributed by atoms with Crippen LogP contribution in [-0.2, 0) is 11.2 Å². The van der Waals surface area contributed by atoms with E-state index in [1.165, 1.54) is 29.2 Å². The van der Waals surface area contributed by atoms with Crippen LogP contribution in [0.1, 0.15) is 28.9 Å². The number of hydrogen-bond donors (Lipinski definition) is 2. The van der Waals surface area contributed by atoms with Gasteiger partial charge in [-0.05, 0) is 55.7 Å². The number of benzene rings is 1. The largest absolute Gasteiger partial charge is 0.368 e. The number of fused-ring (bicyclic) bond motifs is 2. The maximum absolute atomic E-state index is 13.1. The Labute approximate surface area is 157 Å². The first-order chi connectivity index (χ1) is 13.1. The Morgan fingerprint density at radius 2 is 1.81 bits per heavy atom. The molecule has 0 atom stereocenters. The molecule has 2 bridgehead atoms. The third kappa shape index (κ3) is 5.51. The Balaban J connectivity index is 1.70. The van der Waals surface area contributed by atoms with Crippen molar-refractivity contribution in [3.63, 3.8) is 0 Å². The lowest BCUT2D eigenvalue weighted by molar-refractivity contribution is -0.121. The van der Waals surface area contributed by atoms with E-state index >= 15 is 0 Å². The molecular formula is C20H23FN4O2. The van der Waals surface area contributed by atoms with Gasteiger partial charge in [0.25, 0.3) is 5.91 Å². The molecule has 0 radical (unpaired) electrons. The number of pyridine rings is 1. The topological polar surface area (TPSA) is 74.3 Å². The van der Waals surface area contributed by atoms with Gasteiger partial charge >= 0.3 is 0 Å². The van der Waals surface area contributed by atoms with Crippen LogP contribution >= 0.6 is 0 Å². The number of hydrogen-bond acceptors (Lipinski definition) is 4. The van der Waals surface area contributed by atoms with E-state index in [1.54, 1.807) is 0 Å². The molecule has 142 valence electrons. The number of carbonyl (C=O) groups is 2. The van der Waals surface area contributed by atoms with Crippen molar-refractivity contribution in [3.05, 3.63) is 59.5 Å². The van der Waals surface area contributed by atoms with E-state index in [0.717, 1.165) is 30.8 Å². The molecular weight excluding hydrogens is 347 g/mol. The highest BCUT2D eigenvalue weighted by Crippen LogP contribution is 2.11. The van der Waals surface area contributed by atoms with Gasteiger partial charge in [0.1, 0.15) is 11.6 Å². The fourth-order valence-electron chi connectivity index (χ4n) is 2.98. The number of carbonyl (C=O) groups excluding carboxylic acids is 2. The van der Waals surface area contributed by atoms with Gasteiger partial charge in [-0.25, -0.2) is 9.37 Å². The third-order valence-corrected chi connectivity index (χ3v) is 4.38. The lowest BCUT2D eigenvalue weighted by Gasteiger charge is -2.23. The molecule has 0 fully saturated rings. The van der Waals surface area contributed by atoms with E-state index in [4.69, 9.17) is 0 Å². The Morgan fingerprint density at radius 3 is 2.63 bits per heavy atom. The van der Waals surface area contributed by atoms with E-state index < -0.39 is 5.82 Å². The highest BCUT2D eigenvalue weighted by atomic mass is 19.1. The zero-order valence-electron chi connectivity index (χ0n) is 15.1. The molecule has 0 saturated carbocycles. The number of aromatic nitrogens is 1. The number of anilines is 1. The number of amides is 2. The molecule has 2 heterocycles. The van der Waals surface area contributed by atoms with Crippen LogP contribution < -0.4 is 10.6 Å². The van der Waals surface area contributed by atoms with E-state index in [1.807, 2.05) is 18.2 Å². The van der Waals surface area contributed by atoms with E-state index in [0.29, 0.717) is 25.2 Å². The SMILES string of the molecule is O=C1CN(C(=O)c2ccc(F)cc2)CCCCc2cccc(n2)NCCN1. The number of aryl methyl sites for hydroxylation is 1. The molecule has 3 rings (SSSR count). The summed E-state index contributed by atoms with van der Waals surface area (Å²) >= 11 is 0. The molecule has 1 aliphatic heterocycles. The highest BCUT2D eigenvalue weighted by molar-refractivity contribution is 5.96. The van der Waals surface area contributed by atoms with Gasteiger partial charge in [0.05, 0.1) is 6.54 Å². The van der Waals surface area contributed by atoms with Crippen LogP contribution in [-0.4, -0.2) is 47.9 Å². The molecule has 7 heteroatoms. The maximum Gasteiger partial charge on any atom is 0.254 e. The third-order valence-electron chi connectivity index (χ3n) is 4.38. The van der Waals surface area contributed by atoms with Crippen LogP contribution in [0.5, 0.6) is 0 Å². The van der Waals surface area contributed by atoms with Crippen molar-refractivity contribution in [2.75, 3.05) is 31.5 Å². The minimum absolute atomic E-state index is 0.0141. The zero-order chi connectivity index (χ0) is 19.1. The molecule has 1 aromatic carbocycles. The molecule has 6 nitrogen and oxygen atoms in total. The van der Waals surface area contributed by atoms with Crippen LogP contribution in [0.2, 0.25) is 0 Å². The minimum Gasteiger partial charge on any atom is -0.368 e. The first-order valence-electron chi connectivity index (χ1n) is 9.13. The standard InChI is InChI=1S/C20H23FN4O2/c21-16-9-7-15(8-10-16)20(27)25-13-2-1-4-17-5-3-6-18(24-17)22-11-12-23-19(26)14-25/h3,5-10H,1-2,4,11-14H2,(H,22,24)(H,23,26). The summed E-state index contributed by atoms with van der Waals surface area (Å²) in [7, 11) is 0. The van der Waals surface area contributed by atoms with Gasteiger partial charge in [-0.1, -0.05) is 6.07 Å². The molecule has 0 aliphatic carbocycles. The van der Waals surface area contributed by atoms with Gasteiger partial charge in [0.15, 0.2) is 0 Å². The normalized spacial score (nSPS) is 16.0. The predicted molar refractivity (Wildman–Crippen MR) is 101 cm³/mol. The summed E-state index contributed by atoms with van der Waals surface area (Å²) in [6.07, 6.45) is 2.41. The Morgan fingerprint density at radius 1 is 1.04 bits per heavy atom. The van der Waals surface area contributed by atoms with Crippen molar-refractivity contribution in [2.45, 2.75) is 19.3 Å². The van der Waals surface area contributed by atoms with Crippen molar-refractivity contribution < 1.29 is 14.0 Å². The average molecular weight is 370 g/mol. The lowest BCUT2D eigenvalue weighted by Crippen LogP contribution is -2.42. The summed E-state index contributed by atoms with van der Waals surface area (Å²) in [5.74, 6) is -0.0824. The summed E-state index contributed by atoms with van der Waals surface area (Å²) in [4.78, 5) is 31.0. The monoisotopic (exact) mass is 370 g/mol. The van der Waals surface area contributed by atoms with Gasteiger partial charge in [-0.15, -0.1) is 0 Å². The maximum atomic E-state index is 13.1. The Bertz CT molecular complexity index is 795. The molecule has 27 heavy (non-hydrogen) atoms. The van der Waals surface area contributed by atoms with E-state index in [2.05, 4.69) is 15.6 Å². The Kier molecular flexibility index (Phi) is 6.35. The quantitative estimate of drug-likeness (QED) is 0.807. The van der Waals surface area contributed by atoms with Gasteiger partial charge in [-0.2, -0.15) is 0 Å². The van der Waals surface area contributed by atoms with Crippen LogP contribution in [0.15, 0.2) is 42.5 Å². The minimum atomic E-state index is -0.396. The predicted octanol–water partition coefficient (Wildman–Crippen LogP) is 2.23. The molecule has 2 aromatic rings. The smallest absolute Gasteiger partial charge is 0.254 e. The van der Waals surface area contributed by atoms with Gasteiger partial charge < -0.3 is 15.5 Å². The van der Waals surface area contributed by atoms with E-state index in [9.17, 15) is 14.0 Å². The fourth-order valence-corrected chi connectivity index (χ4v) is 2.98. The number of halogens is 1. The molecule has 0 saturated heterocycles. The van der Waals surface area contributed by atoms with Crippen LogP contribution in [0.25, 0.3) is 0 Å². The van der Waals surface area contributed by atoms with Crippen molar-refractivity contribution >= 4 is 17.6 Å². The molecule has 1 aromatic heterocycles. The number of nitrogens with one attached hydrogen (secondary N) is 2. The summed E-state index contributed by atoms with van der Waals surface area (Å²) in [6.45, 7) is 1.43. The van der Waals surface area contributed by atoms with E-state index in [-0.39, 0.29) is 18.4 Å². The summed E-state index contributed by atoms with van der Waals surface area (Å²) in [5, 5.41) is 5.99. The average Bonchev–Trinajstić information content (AvgIpc) is 2.67. The van der Waals surface area contributed by atoms with Crippen molar-refractivity contribution in [1.29, 1.82) is 0 Å². The molecule has 0 unspecified atom stereocenters. The second-order valence-corrected chi connectivity index (χ2v) is 6.48. The van der Waals surface area contributed by atoms with Gasteiger partial charge in [-0.3, -0.25) is 9.59 Å². The summed E-state index contributed by atoms with van der Waals surface area (Å²) in [5.41, 5.74) is 1.37. The van der Waals surface area contributed by atoms with Gasteiger partial charge in [0, 0.05) is 30.9 Å². The van der Waals surface area contributed by atoms with Crippen molar-refractivity contribution in [1.82, 2.24) is 15.2 Å². The molecule has 0 spiro atoms. The molecule has 1 aliphatic rings. The Hall–Kier alpha value is -2.96. The van der Waals surface area contributed by atoms with Crippen LogP contribution in [0.4, 0.5) is 10.2 Å². The summed E-state index contributed by atoms with van der Waals surface area (Å²) in [6, 6.07) is 11.2. The second-order valence-electron chi connectivity index (χ2n) is 6.48. The van der Waals surface area contributed by atoms with Crippen molar-refractivity contribution in [2.24, 2.45) is 0 Å².